The minimum absolute atomic E-state index is 0.736. The van der Waals surface area contributed by atoms with Crippen LogP contribution in [0, 0.1) is 0 Å². The Balaban J connectivity index is 2.32. The molecule has 0 aromatic heterocycles. The van der Waals surface area contributed by atoms with E-state index in [9.17, 15) is 0 Å². The summed E-state index contributed by atoms with van der Waals surface area (Å²) in [5.74, 6) is 0. The molecule has 0 unspecified atom stereocenters. The zero-order valence-electron chi connectivity index (χ0n) is 4.10. The molecule has 0 saturated heterocycles. The van der Waals surface area contributed by atoms with Crippen molar-refractivity contribution in [2.24, 2.45) is 0 Å². The van der Waals surface area contributed by atoms with E-state index >= 15 is 0 Å². The predicted molar refractivity (Wildman–Crippen MR) is 32.5 cm³/mol. The Morgan fingerprint density at radius 1 is 1.50 bits per heavy atom. The quantitative estimate of drug-likeness (QED) is 0.464. The average molecular weight is 118 g/mol. The van der Waals surface area contributed by atoms with E-state index in [0.29, 0.717) is 0 Å². The Morgan fingerprint density at radius 3 is 2.00 bits per heavy atom. The van der Waals surface area contributed by atoms with Crippen molar-refractivity contribution in [1.82, 2.24) is 0 Å². The van der Waals surface area contributed by atoms with E-state index in [4.69, 9.17) is 0 Å². The second-order valence-electron chi connectivity index (χ2n) is 1.77. The van der Waals surface area contributed by atoms with Crippen LogP contribution in [-0.2, 0) is 0 Å². The van der Waals surface area contributed by atoms with Gasteiger partial charge in [-0.1, -0.05) is 22.7 Å². The smallest absolute Gasteiger partial charge is 0.0587 e. The van der Waals surface area contributed by atoms with Gasteiger partial charge in [-0.2, -0.15) is 0 Å². The first kappa shape index (κ1) is 4.75. The van der Waals surface area contributed by atoms with Crippen molar-refractivity contribution in [3.63, 3.8) is 0 Å². The molecule has 0 N–H and O–H groups in total. The van der Waals surface area contributed by atoms with Gasteiger partial charge in [-0.15, -0.1) is 0 Å². The second kappa shape index (κ2) is 1.29. The molecule has 0 amide bonds. The van der Waals surface area contributed by atoms with Crippen molar-refractivity contribution in [2.75, 3.05) is 0 Å². The zero-order valence-corrected chi connectivity index (χ0v) is 5.89. The Labute approximate surface area is 41.7 Å². The number of hydrogen-bond acceptors (Lipinski definition) is 0. The van der Waals surface area contributed by atoms with Gasteiger partial charge in [0.15, 0.2) is 0 Å². The topological polar surface area (TPSA) is 0 Å². The average Bonchev–Trinajstić information content (AvgIpc) is 2.22. The van der Waals surface area contributed by atoms with E-state index in [1.807, 2.05) is 0 Å². The van der Waals surface area contributed by atoms with E-state index in [2.05, 4.69) is 13.8 Å². The summed E-state index contributed by atoms with van der Waals surface area (Å²) in [6.45, 7) is 4.59. The lowest BCUT2D eigenvalue weighted by Gasteiger charge is -1.95. The lowest BCUT2D eigenvalue weighted by atomic mass is 10.4. The highest BCUT2D eigenvalue weighted by Crippen LogP contribution is 2.61. The van der Waals surface area contributed by atoms with Crippen LogP contribution in [-0.4, -0.2) is 4.90 Å². The summed E-state index contributed by atoms with van der Waals surface area (Å²) < 4.78 is 0. The maximum absolute atomic E-state index is 2.33. The normalized spacial score (nSPS) is 45.7. The lowest BCUT2D eigenvalue weighted by Crippen LogP contribution is -1.91. The fraction of sp³-hybridized carbons (Fsp3) is 1.00. The first-order valence-corrected chi connectivity index (χ1v) is 4.70. The van der Waals surface area contributed by atoms with Crippen molar-refractivity contribution < 1.29 is 0 Å². The molecule has 0 radical (unpaired) electrons. The van der Waals surface area contributed by atoms with Crippen LogP contribution >= 0.6 is 15.7 Å². The van der Waals surface area contributed by atoms with Crippen molar-refractivity contribution in [1.29, 1.82) is 0 Å². The molecular formula is C4H8P2. The van der Waals surface area contributed by atoms with Crippen LogP contribution in [0.2, 0.25) is 0 Å². The predicted octanol–water partition coefficient (Wildman–Crippen LogP) is 2.93. The summed E-state index contributed by atoms with van der Waals surface area (Å²) >= 11 is 0. The van der Waals surface area contributed by atoms with Crippen LogP contribution in [0.15, 0.2) is 0 Å². The van der Waals surface area contributed by atoms with E-state index in [0.717, 1.165) is 4.90 Å². The van der Waals surface area contributed by atoms with E-state index in [-0.39, 0.29) is 0 Å². The summed E-state index contributed by atoms with van der Waals surface area (Å²) in [6.07, 6.45) is 1.36. The molecule has 0 aliphatic carbocycles. The molecule has 0 bridgehead atoms. The van der Waals surface area contributed by atoms with E-state index in [1.54, 1.807) is 15.7 Å². The Bertz CT molecular complexity index is 79.5. The Hall–Kier alpha value is 0.600. The fourth-order valence-electron chi connectivity index (χ4n) is 0.227. The maximum atomic E-state index is 2.33. The molecule has 0 spiro atoms. The molecule has 1 heterocycles. The fourth-order valence-corrected chi connectivity index (χ4v) is 2.04. The second-order valence-corrected chi connectivity index (χ2v) is 5.70. The molecule has 0 saturated carbocycles. The third kappa shape index (κ3) is 0.806. The summed E-state index contributed by atoms with van der Waals surface area (Å²) in [6, 6.07) is 0. The maximum Gasteiger partial charge on any atom is 0.0587 e. The SMILES string of the molecule is CCC1(C)P=P1. The lowest BCUT2D eigenvalue weighted by molar-refractivity contribution is 0.861. The number of rotatable bonds is 1. The minimum Gasteiger partial charge on any atom is -0.0636 e. The summed E-state index contributed by atoms with van der Waals surface area (Å²) in [7, 11) is 3.29. The molecule has 34 valence electrons. The van der Waals surface area contributed by atoms with Crippen LogP contribution in [0.5, 0.6) is 0 Å². The van der Waals surface area contributed by atoms with Gasteiger partial charge in [0.25, 0.3) is 0 Å². The zero-order chi connectivity index (χ0) is 4.62. The Kier molecular flexibility index (Phi) is 1.02. The van der Waals surface area contributed by atoms with Gasteiger partial charge in [0.2, 0.25) is 0 Å². The highest BCUT2D eigenvalue weighted by molar-refractivity contribution is 8.03. The molecule has 2 heteroatoms. The molecule has 0 atom stereocenters. The first-order valence-electron chi connectivity index (χ1n) is 2.21. The van der Waals surface area contributed by atoms with Gasteiger partial charge in [0, 0.05) is 0 Å². The van der Waals surface area contributed by atoms with Crippen molar-refractivity contribution in [2.45, 2.75) is 25.2 Å². The minimum atomic E-state index is 0.736. The van der Waals surface area contributed by atoms with E-state index in [1.165, 1.54) is 6.42 Å². The first-order chi connectivity index (χ1) is 2.77. The molecular weight excluding hydrogens is 110 g/mol. The van der Waals surface area contributed by atoms with Crippen LogP contribution in [0.25, 0.3) is 0 Å². The summed E-state index contributed by atoms with van der Waals surface area (Å²) in [4.78, 5) is 0.736. The molecule has 6 heavy (non-hydrogen) atoms. The third-order valence-corrected chi connectivity index (χ3v) is 5.28. The van der Waals surface area contributed by atoms with Gasteiger partial charge in [-0.05, 0) is 13.3 Å². The van der Waals surface area contributed by atoms with Crippen LogP contribution < -0.4 is 0 Å². The molecule has 0 aromatic carbocycles. The van der Waals surface area contributed by atoms with Gasteiger partial charge in [0.1, 0.15) is 0 Å². The molecule has 1 rings (SSSR count). The largest absolute Gasteiger partial charge is 0.0636 e. The highest BCUT2D eigenvalue weighted by atomic mass is 31.8. The van der Waals surface area contributed by atoms with Gasteiger partial charge in [0.05, 0.1) is 4.90 Å². The highest BCUT2D eigenvalue weighted by Gasteiger charge is 2.27. The van der Waals surface area contributed by atoms with Crippen LogP contribution in [0.3, 0.4) is 0 Å². The molecule has 0 aromatic rings. The summed E-state index contributed by atoms with van der Waals surface area (Å²) in [5, 5.41) is 0. The van der Waals surface area contributed by atoms with Crippen LogP contribution in [0.4, 0.5) is 0 Å². The van der Waals surface area contributed by atoms with Gasteiger partial charge < -0.3 is 0 Å². The molecule has 1 aliphatic heterocycles. The van der Waals surface area contributed by atoms with Crippen molar-refractivity contribution in [3.8, 4) is 0 Å². The van der Waals surface area contributed by atoms with E-state index < -0.39 is 0 Å². The monoisotopic (exact) mass is 118 g/mol. The molecule has 0 nitrogen and oxygen atoms in total. The Morgan fingerprint density at radius 2 is 2.00 bits per heavy atom. The number of hydrogen-bond donors (Lipinski definition) is 0. The molecule has 1 aliphatic rings. The van der Waals surface area contributed by atoms with Crippen molar-refractivity contribution in [3.05, 3.63) is 0 Å². The van der Waals surface area contributed by atoms with Crippen molar-refractivity contribution >= 4 is 15.7 Å². The van der Waals surface area contributed by atoms with Gasteiger partial charge in [-0.3, -0.25) is 0 Å². The molecule has 0 fully saturated rings. The standard InChI is InChI=1S/C4H8P2/c1-3-4(2)5-6-4/h3H2,1-2H3. The van der Waals surface area contributed by atoms with Gasteiger partial charge >= 0.3 is 0 Å². The van der Waals surface area contributed by atoms with Crippen LogP contribution in [0.1, 0.15) is 20.3 Å². The van der Waals surface area contributed by atoms with Gasteiger partial charge in [-0.25, -0.2) is 0 Å². The summed E-state index contributed by atoms with van der Waals surface area (Å²) in [5.41, 5.74) is 0. The third-order valence-electron chi connectivity index (χ3n) is 1.11.